The molecule has 4 unspecified atom stereocenters. The number of carbonyl (C=O) groups is 2. The van der Waals surface area contributed by atoms with Gasteiger partial charge in [-0.2, -0.15) is 0 Å². The van der Waals surface area contributed by atoms with Crippen molar-refractivity contribution in [3.05, 3.63) is 36.4 Å². The van der Waals surface area contributed by atoms with Gasteiger partial charge in [0.05, 0.1) is 25.5 Å². The van der Waals surface area contributed by atoms with Gasteiger partial charge in [0.25, 0.3) is 0 Å². The molecule has 4 atom stereocenters. The molecule has 0 aromatic heterocycles. The highest BCUT2D eigenvalue weighted by Crippen LogP contribution is 2.52. The van der Waals surface area contributed by atoms with Gasteiger partial charge in [-0.05, 0) is 30.4 Å². The molecule has 136 valence electrons. The number of imide groups is 1. The van der Waals surface area contributed by atoms with Gasteiger partial charge in [-0.1, -0.05) is 18.2 Å². The van der Waals surface area contributed by atoms with Crippen molar-refractivity contribution in [1.82, 2.24) is 4.90 Å². The van der Waals surface area contributed by atoms with E-state index in [9.17, 15) is 9.59 Å². The van der Waals surface area contributed by atoms with E-state index in [1.54, 1.807) is 13.2 Å². The average Bonchev–Trinajstić information content (AvgIpc) is 3.31. The Hall–Kier alpha value is -2.83. The van der Waals surface area contributed by atoms with Crippen LogP contribution in [0.4, 0.5) is 5.69 Å². The molecular formula is C19H22N4O3. The Morgan fingerprint density at radius 3 is 2.62 bits per heavy atom. The van der Waals surface area contributed by atoms with Crippen LogP contribution in [0.2, 0.25) is 0 Å². The second-order valence-corrected chi connectivity index (χ2v) is 6.95. The molecule has 0 spiro atoms. The summed E-state index contributed by atoms with van der Waals surface area (Å²) in [4.78, 5) is 30.8. The van der Waals surface area contributed by atoms with Crippen LogP contribution in [-0.2, 0) is 9.59 Å². The molecule has 4 rings (SSSR count). The van der Waals surface area contributed by atoms with Crippen LogP contribution in [-0.4, -0.2) is 42.9 Å². The molecule has 1 heterocycles. The maximum absolute atomic E-state index is 12.6. The van der Waals surface area contributed by atoms with Gasteiger partial charge in [-0.3, -0.25) is 19.5 Å². The Kier molecular flexibility index (Phi) is 4.14. The molecule has 1 saturated heterocycles. The van der Waals surface area contributed by atoms with E-state index in [-0.39, 0.29) is 54.5 Å². The zero-order valence-corrected chi connectivity index (χ0v) is 14.6. The number of nitrogens with one attached hydrogen (secondary N) is 1. The largest absolute Gasteiger partial charge is 0.497 e. The number of carbonyl (C=O) groups excluding carboxylic acids is 2. The highest BCUT2D eigenvalue weighted by atomic mass is 16.5. The highest BCUT2D eigenvalue weighted by molar-refractivity contribution is 6.06. The molecule has 1 aliphatic heterocycles. The smallest absolute Gasteiger partial charge is 0.233 e. The second-order valence-electron chi connectivity index (χ2n) is 6.95. The molecule has 3 N–H and O–H groups in total. The van der Waals surface area contributed by atoms with Crippen LogP contribution in [0.1, 0.15) is 6.42 Å². The number of guanidine groups is 1. The van der Waals surface area contributed by atoms with Gasteiger partial charge >= 0.3 is 0 Å². The van der Waals surface area contributed by atoms with E-state index in [2.05, 4.69) is 22.5 Å². The van der Waals surface area contributed by atoms with E-state index in [0.29, 0.717) is 5.75 Å². The molecule has 2 aliphatic carbocycles. The molecule has 7 nitrogen and oxygen atoms in total. The fourth-order valence-electron chi connectivity index (χ4n) is 4.34. The van der Waals surface area contributed by atoms with Crippen molar-refractivity contribution < 1.29 is 14.3 Å². The minimum absolute atomic E-state index is 0.0497. The third-order valence-electron chi connectivity index (χ3n) is 5.51. The van der Waals surface area contributed by atoms with E-state index in [1.807, 2.05) is 18.2 Å². The third-order valence-corrected chi connectivity index (χ3v) is 5.51. The van der Waals surface area contributed by atoms with Crippen molar-refractivity contribution in [2.45, 2.75) is 6.42 Å². The number of methoxy groups -OCH3 is 1. The first-order valence-electron chi connectivity index (χ1n) is 8.83. The van der Waals surface area contributed by atoms with E-state index in [0.717, 1.165) is 12.1 Å². The summed E-state index contributed by atoms with van der Waals surface area (Å²) in [7, 11) is 1.59. The lowest BCUT2D eigenvalue weighted by atomic mass is 9.85. The Morgan fingerprint density at radius 2 is 1.96 bits per heavy atom. The molecule has 3 aliphatic rings. The van der Waals surface area contributed by atoms with Gasteiger partial charge in [-0.25, -0.2) is 0 Å². The molecule has 2 amide bonds. The van der Waals surface area contributed by atoms with Gasteiger partial charge in [-0.15, -0.1) is 0 Å². The molecule has 1 aromatic rings. The number of hydrogen-bond donors (Lipinski definition) is 2. The Bertz CT molecular complexity index is 774. The number of benzene rings is 1. The Morgan fingerprint density at radius 1 is 1.27 bits per heavy atom. The number of likely N-dealkylation sites (tertiary alicyclic amines) is 1. The van der Waals surface area contributed by atoms with Crippen molar-refractivity contribution in [2.24, 2.45) is 34.4 Å². The molecule has 0 radical (unpaired) electrons. The van der Waals surface area contributed by atoms with Crippen LogP contribution in [0.3, 0.4) is 0 Å². The fraction of sp³-hybridized carbons (Fsp3) is 0.421. The summed E-state index contributed by atoms with van der Waals surface area (Å²) >= 11 is 0. The summed E-state index contributed by atoms with van der Waals surface area (Å²) in [5, 5.41) is 2.98. The van der Waals surface area contributed by atoms with Gasteiger partial charge in [0.15, 0.2) is 5.96 Å². The first kappa shape index (κ1) is 16.6. The number of aliphatic imine (C=N–C) groups is 1. The molecule has 1 aromatic carbocycles. The van der Waals surface area contributed by atoms with Crippen molar-refractivity contribution in [3.63, 3.8) is 0 Å². The van der Waals surface area contributed by atoms with Crippen molar-refractivity contribution in [1.29, 1.82) is 0 Å². The van der Waals surface area contributed by atoms with Crippen LogP contribution in [0.15, 0.2) is 41.4 Å². The normalized spacial score (nSPS) is 29.4. The topological polar surface area (TPSA) is 97.0 Å². The number of allylic oxidation sites excluding steroid dienone is 2. The van der Waals surface area contributed by atoms with E-state index >= 15 is 0 Å². The predicted molar refractivity (Wildman–Crippen MR) is 97.5 cm³/mol. The number of anilines is 1. The highest BCUT2D eigenvalue weighted by Gasteiger charge is 2.58. The summed E-state index contributed by atoms with van der Waals surface area (Å²) in [5.74, 6) is 0.995. The second kappa shape index (κ2) is 6.48. The van der Waals surface area contributed by atoms with E-state index in [4.69, 9.17) is 10.5 Å². The molecule has 1 saturated carbocycles. The molecule has 2 fully saturated rings. The number of amides is 2. The summed E-state index contributed by atoms with van der Waals surface area (Å²) in [6.07, 6.45) is 5.12. The van der Waals surface area contributed by atoms with Crippen molar-refractivity contribution in [3.8, 4) is 5.75 Å². The maximum Gasteiger partial charge on any atom is 0.233 e. The number of fused-ring (bicyclic) bond motifs is 5. The molecular weight excluding hydrogens is 332 g/mol. The quantitative estimate of drug-likeness (QED) is 0.359. The van der Waals surface area contributed by atoms with Crippen molar-refractivity contribution in [2.75, 3.05) is 25.5 Å². The van der Waals surface area contributed by atoms with Gasteiger partial charge < -0.3 is 15.8 Å². The Balaban J connectivity index is 1.35. The fourth-order valence-corrected chi connectivity index (χ4v) is 4.34. The van der Waals surface area contributed by atoms with Gasteiger partial charge in [0, 0.05) is 18.3 Å². The standard InChI is InChI=1S/C19H22N4O3/c1-26-14-4-2-3-13(10-14)22-19(20)21-7-8-23-17(24)15-11-5-6-12(9-11)16(15)18(23)25/h2-6,10-12,15-16H,7-9H2,1H3,(H3,20,21,22). The van der Waals surface area contributed by atoms with E-state index < -0.39 is 0 Å². The zero-order valence-electron chi connectivity index (χ0n) is 14.6. The number of hydrogen-bond acceptors (Lipinski definition) is 4. The summed E-state index contributed by atoms with van der Waals surface area (Å²) < 4.78 is 5.16. The molecule has 2 bridgehead atoms. The minimum Gasteiger partial charge on any atom is -0.497 e. The van der Waals surface area contributed by atoms with E-state index in [1.165, 1.54) is 4.90 Å². The predicted octanol–water partition coefficient (Wildman–Crippen LogP) is 1.23. The lowest BCUT2D eigenvalue weighted by Crippen LogP contribution is -2.35. The van der Waals surface area contributed by atoms with Crippen LogP contribution in [0, 0.1) is 23.7 Å². The zero-order chi connectivity index (χ0) is 18.3. The van der Waals surface area contributed by atoms with Crippen LogP contribution >= 0.6 is 0 Å². The SMILES string of the molecule is COc1cccc(NC(N)=NCCN2C(=O)C3C4C=CC(C4)C3C2=O)c1. The number of ether oxygens (including phenoxy) is 1. The lowest BCUT2D eigenvalue weighted by Gasteiger charge is -2.16. The number of nitrogens with zero attached hydrogens (tertiary/aromatic N) is 2. The van der Waals surface area contributed by atoms with Gasteiger partial charge in [0.2, 0.25) is 11.8 Å². The summed E-state index contributed by atoms with van der Waals surface area (Å²) in [6.45, 7) is 0.549. The first-order valence-corrected chi connectivity index (χ1v) is 8.83. The number of rotatable bonds is 5. The first-order chi connectivity index (χ1) is 12.6. The minimum atomic E-state index is -0.159. The molecule has 26 heavy (non-hydrogen) atoms. The Labute approximate surface area is 151 Å². The van der Waals surface area contributed by atoms with Crippen LogP contribution in [0.5, 0.6) is 5.75 Å². The van der Waals surface area contributed by atoms with Crippen molar-refractivity contribution >= 4 is 23.5 Å². The summed E-state index contributed by atoms with van der Waals surface area (Å²) in [5.41, 5.74) is 6.66. The lowest BCUT2D eigenvalue weighted by molar-refractivity contribution is -0.140. The monoisotopic (exact) mass is 354 g/mol. The average molecular weight is 354 g/mol. The van der Waals surface area contributed by atoms with Crippen LogP contribution < -0.4 is 15.8 Å². The third kappa shape index (κ3) is 2.73. The van der Waals surface area contributed by atoms with Crippen LogP contribution in [0.25, 0.3) is 0 Å². The van der Waals surface area contributed by atoms with Gasteiger partial charge in [0.1, 0.15) is 5.75 Å². The summed E-state index contributed by atoms with van der Waals surface area (Å²) in [6, 6.07) is 7.33. The molecule has 7 heteroatoms. The maximum atomic E-state index is 12.6. The number of nitrogens with two attached hydrogens (primary N) is 1.